The van der Waals surface area contributed by atoms with E-state index in [1.807, 2.05) is 6.92 Å². The van der Waals surface area contributed by atoms with Crippen LogP contribution in [0.4, 0.5) is 13.2 Å². The van der Waals surface area contributed by atoms with Crippen molar-refractivity contribution in [1.82, 2.24) is 15.2 Å². The fraction of sp³-hybridized carbons (Fsp3) is 0.429. The number of carbonyl (C=O) groups excluding carboxylic acids is 1. The molecule has 4 rings (SSSR count). The summed E-state index contributed by atoms with van der Waals surface area (Å²) in [5, 5.41) is 3.47. The molecule has 166 valence electrons. The molecule has 1 amide bonds. The van der Waals surface area contributed by atoms with E-state index in [1.54, 1.807) is 30.6 Å². The molecule has 3 heterocycles. The number of nitrogens with zero attached hydrogens (tertiary/aromatic N) is 2. The van der Waals surface area contributed by atoms with E-state index >= 15 is 0 Å². The van der Waals surface area contributed by atoms with Crippen molar-refractivity contribution in [3.63, 3.8) is 0 Å². The van der Waals surface area contributed by atoms with Gasteiger partial charge in [0.25, 0.3) is 5.91 Å². The van der Waals surface area contributed by atoms with Crippen LogP contribution in [0.2, 0.25) is 0 Å². The van der Waals surface area contributed by atoms with E-state index in [0.717, 1.165) is 10.6 Å². The normalized spacial score (nSPS) is 17.4. The summed E-state index contributed by atoms with van der Waals surface area (Å²) in [7, 11) is 0. The SMILES string of the molecule is Cc1ncsc1COc1ccc2oc(C)c(C(=O)NC3CCN(CC(F)(F)F)C3)c2c1. The van der Waals surface area contributed by atoms with Gasteiger partial charge >= 0.3 is 6.18 Å². The molecule has 0 spiro atoms. The monoisotopic (exact) mass is 453 g/mol. The summed E-state index contributed by atoms with van der Waals surface area (Å²) < 4.78 is 49.4. The molecule has 0 aliphatic carbocycles. The quantitative estimate of drug-likeness (QED) is 0.597. The third-order valence-electron chi connectivity index (χ3n) is 5.29. The Morgan fingerprint density at radius 1 is 1.39 bits per heavy atom. The number of nitrogens with one attached hydrogen (secondary N) is 1. The first-order chi connectivity index (χ1) is 14.7. The van der Waals surface area contributed by atoms with Gasteiger partial charge in [0.2, 0.25) is 0 Å². The summed E-state index contributed by atoms with van der Waals surface area (Å²) >= 11 is 1.51. The second-order valence-corrected chi connectivity index (χ2v) is 8.59. The minimum Gasteiger partial charge on any atom is -0.488 e. The molecule has 1 aliphatic rings. The van der Waals surface area contributed by atoms with Crippen LogP contribution >= 0.6 is 11.3 Å². The van der Waals surface area contributed by atoms with Crippen LogP contribution in [0.25, 0.3) is 11.0 Å². The van der Waals surface area contributed by atoms with Crippen molar-refractivity contribution in [1.29, 1.82) is 0 Å². The Bertz CT molecular complexity index is 1090. The Morgan fingerprint density at radius 2 is 2.19 bits per heavy atom. The third-order valence-corrected chi connectivity index (χ3v) is 6.20. The number of aromatic nitrogens is 1. The van der Waals surface area contributed by atoms with Crippen molar-refractivity contribution in [2.75, 3.05) is 19.6 Å². The molecule has 0 saturated carbocycles. The van der Waals surface area contributed by atoms with Gasteiger partial charge in [0, 0.05) is 24.5 Å². The van der Waals surface area contributed by atoms with Crippen molar-refractivity contribution in [3.05, 3.63) is 45.6 Å². The number of aryl methyl sites for hydroxylation is 2. The molecular weight excluding hydrogens is 431 g/mol. The largest absolute Gasteiger partial charge is 0.488 e. The molecule has 1 fully saturated rings. The number of fused-ring (bicyclic) bond motifs is 1. The first-order valence-corrected chi connectivity index (χ1v) is 10.7. The average molecular weight is 453 g/mol. The summed E-state index contributed by atoms with van der Waals surface area (Å²) in [6.07, 6.45) is -3.77. The summed E-state index contributed by atoms with van der Waals surface area (Å²) in [5.41, 5.74) is 3.61. The number of ether oxygens (including phenoxy) is 1. The Morgan fingerprint density at radius 3 is 2.90 bits per heavy atom. The number of thiazole rings is 1. The van der Waals surface area contributed by atoms with E-state index < -0.39 is 12.7 Å². The van der Waals surface area contributed by atoms with Crippen LogP contribution in [0, 0.1) is 13.8 Å². The van der Waals surface area contributed by atoms with Gasteiger partial charge in [0.15, 0.2) is 0 Å². The van der Waals surface area contributed by atoms with Gasteiger partial charge in [0.05, 0.1) is 28.2 Å². The van der Waals surface area contributed by atoms with Gasteiger partial charge in [-0.3, -0.25) is 9.69 Å². The molecule has 0 radical (unpaired) electrons. The van der Waals surface area contributed by atoms with Gasteiger partial charge in [-0.2, -0.15) is 13.2 Å². The van der Waals surface area contributed by atoms with Gasteiger partial charge in [0.1, 0.15) is 23.7 Å². The number of hydrogen-bond donors (Lipinski definition) is 1. The maximum atomic E-state index is 12.9. The van der Waals surface area contributed by atoms with E-state index in [-0.39, 0.29) is 18.5 Å². The predicted octanol–water partition coefficient (Wildman–Crippen LogP) is 4.45. The molecule has 3 aromatic rings. The number of alkyl halides is 3. The number of furan rings is 1. The van der Waals surface area contributed by atoms with Crippen LogP contribution in [0.5, 0.6) is 5.75 Å². The van der Waals surface area contributed by atoms with Crippen LogP contribution < -0.4 is 10.1 Å². The van der Waals surface area contributed by atoms with E-state index in [0.29, 0.717) is 47.6 Å². The zero-order valence-electron chi connectivity index (χ0n) is 17.1. The molecule has 1 aromatic carbocycles. The van der Waals surface area contributed by atoms with Crippen molar-refractivity contribution in [3.8, 4) is 5.75 Å². The summed E-state index contributed by atoms with van der Waals surface area (Å²) in [5.74, 6) is 0.686. The molecule has 31 heavy (non-hydrogen) atoms. The van der Waals surface area contributed by atoms with Crippen LogP contribution in [0.1, 0.15) is 33.1 Å². The topological polar surface area (TPSA) is 67.6 Å². The molecule has 10 heteroatoms. The van der Waals surface area contributed by atoms with Gasteiger partial charge in [-0.1, -0.05) is 0 Å². The fourth-order valence-corrected chi connectivity index (χ4v) is 4.48. The molecular formula is C21H22F3N3O3S. The second kappa shape index (κ2) is 8.51. The lowest BCUT2D eigenvalue weighted by Crippen LogP contribution is -2.39. The van der Waals surface area contributed by atoms with E-state index in [1.165, 1.54) is 16.2 Å². The molecule has 2 aromatic heterocycles. The second-order valence-electron chi connectivity index (χ2n) is 7.65. The van der Waals surface area contributed by atoms with Gasteiger partial charge in [-0.25, -0.2) is 4.98 Å². The minimum atomic E-state index is -4.25. The first kappa shape index (κ1) is 21.6. The number of hydrogen-bond acceptors (Lipinski definition) is 6. The number of amides is 1. The first-order valence-electron chi connectivity index (χ1n) is 9.84. The Balaban J connectivity index is 1.47. The third kappa shape index (κ3) is 5.01. The van der Waals surface area contributed by atoms with E-state index in [9.17, 15) is 18.0 Å². The average Bonchev–Trinajstić information content (AvgIpc) is 3.36. The molecule has 1 N–H and O–H groups in total. The zero-order chi connectivity index (χ0) is 22.2. The molecule has 6 nitrogen and oxygen atoms in total. The minimum absolute atomic E-state index is 0.169. The van der Waals surface area contributed by atoms with Crippen molar-refractivity contribution in [2.45, 2.75) is 39.1 Å². The lowest BCUT2D eigenvalue weighted by Gasteiger charge is -2.18. The summed E-state index contributed by atoms with van der Waals surface area (Å²) in [6, 6.07) is 4.93. The highest BCUT2D eigenvalue weighted by atomic mass is 32.1. The van der Waals surface area contributed by atoms with Gasteiger partial charge in [-0.05, 0) is 38.5 Å². The molecule has 1 aliphatic heterocycles. The highest BCUT2D eigenvalue weighted by Crippen LogP contribution is 2.30. The van der Waals surface area contributed by atoms with Crippen molar-refractivity contribution < 1.29 is 27.1 Å². The van der Waals surface area contributed by atoms with Crippen LogP contribution in [-0.2, 0) is 6.61 Å². The van der Waals surface area contributed by atoms with Crippen molar-refractivity contribution >= 4 is 28.2 Å². The Hall–Kier alpha value is -2.59. The summed E-state index contributed by atoms with van der Waals surface area (Å²) in [4.78, 5) is 19.5. The van der Waals surface area contributed by atoms with Gasteiger partial charge < -0.3 is 14.5 Å². The molecule has 1 saturated heterocycles. The van der Waals surface area contributed by atoms with Gasteiger partial charge in [-0.15, -0.1) is 11.3 Å². The van der Waals surface area contributed by atoms with E-state index in [4.69, 9.17) is 9.15 Å². The predicted molar refractivity (Wildman–Crippen MR) is 111 cm³/mol. The van der Waals surface area contributed by atoms with Crippen LogP contribution in [0.15, 0.2) is 28.1 Å². The maximum Gasteiger partial charge on any atom is 0.401 e. The number of rotatable bonds is 6. The molecule has 1 unspecified atom stereocenters. The molecule has 1 atom stereocenters. The standard InChI is InChI=1S/C21H22F3N3O3S/c1-12-18(31-11-25-12)9-29-15-3-4-17-16(7-15)19(13(2)30-17)20(28)26-14-5-6-27(8-14)10-21(22,23)24/h3-4,7,11,14H,5-6,8-10H2,1-2H3,(H,26,28). The van der Waals surface area contributed by atoms with E-state index in [2.05, 4.69) is 10.3 Å². The van der Waals surface area contributed by atoms with Crippen LogP contribution in [-0.4, -0.2) is 47.6 Å². The number of carbonyl (C=O) groups is 1. The Kier molecular flexibility index (Phi) is 5.94. The highest BCUT2D eigenvalue weighted by Gasteiger charge is 2.35. The number of halogens is 3. The highest BCUT2D eigenvalue weighted by molar-refractivity contribution is 7.09. The lowest BCUT2D eigenvalue weighted by atomic mass is 10.1. The zero-order valence-corrected chi connectivity index (χ0v) is 17.9. The number of likely N-dealkylation sites (tertiary alicyclic amines) is 1. The molecule has 0 bridgehead atoms. The Labute approximate surface area is 181 Å². The fourth-order valence-electron chi connectivity index (χ4n) is 3.79. The summed E-state index contributed by atoms with van der Waals surface area (Å²) in [6.45, 7) is 3.48. The number of benzene rings is 1. The lowest BCUT2D eigenvalue weighted by molar-refractivity contribution is -0.143. The van der Waals surface area contributed by atoms with Crippen molar-refractivity contribution in [2.24, 2.45) is 0 Å². The van der Waals surface area contributed by atoms with Crippen LogP contribution in [0.3, 0.4) is 0 Å². The smallest absolute Gasteiger partial charge is 0.401 e. The maximum absolute atomic E-state index is 12.9.